The molecule has 132 valence electrons. The maximum Gasteiger partial charge on any atom is 0.234 e. The fraction of sp³-hybridized carbons (Fsp3) is 0.500. The highest BCUT2D eigenvalue weighted by atomic mass is 16.3. The number of likely N-dealkylation sites (N-methyl/N-ethyl adjacent to an activating group) is 2. The van der Waals surface area contributed by atoms with Crippen LogP contribution in [0.25, 0.3) is 0 Å². The molecule has 1 atom stereocenters. The van der Waals surface area contributed by atoms with Gasteiger partial charge in [0.15, 0.2) is 0 Å². The molecule has 2 heterocycles. The first-order chi connectivity index (χ1) is 11.6. The number of amides is 1. The zero-order valence-corrected chi connectivity index (χ0v) is 14.7. The summed E-state index contributed by atoms with van der Waals surface area (Å²) in [7, 11) is 1.90. The maximum atomic E-state index is 12.2. The zero-order valence-electron chi connectivity index (χ0n) is 14.7. The number of hydrogen-bond acceptors (Lipinski definition) is 5. The van der Waals surface area contributed by atoms with Crippen molar-refractivity contribution in [1.29, 1.82) is 0 Å². The van der Waals surface area contributed by atoms with E-state index in [1.807, 2.05) is 36.2 Å². The largest absolute Gasteiger partial charge is 0.468 e. The number of carbonyl (C=O) groups excluding carboxylic acids is 1. The minimum atomic E-state index is -0.00670. The summed E-state index contributed by atoms with van der Waals surface area (Å²) in [6.45, 7) is 7.48. The molecule has 0 saturated heterocycles. The van der Waals surface area contributed by atoms with Crippen molar-refractivity contribution < 1.29 is 13.6 Å². The van der Waals surface area contributed by atoms with Gasteiger partial charge in [-0.15, -0.1) is 0 Å². The molecule has 6 heteroatoms. The van der Waals surface area contributed by atoms with Gasteiger partial charge >= 0.3 is 0 Å². The first-order valence-corrected chi connectivity index (χ1v) is 8.39. The van der Waals surface area contributed by atoms with E-state index in [1.165, 1.54) is 0 Å². The van der Waals surface area contributed by atoms with Gasteiger partial charge in [0.2, 0.25) is 5.91 Å². The summed E-state index contributed by atoms with van der Waals surface area (Å²) in [5.41, 5.74) is 0. The minimum Gasteiger partial charge on any atom is -0.468 e. The molecule has 0 fully saturated rings. The Balaban J connectivity index is 1.85. The molecule has 2 aromatic heterocycles. The molecule has 0 aromatic carbocycles. The van der Waals surface area contributed by atoms with Gasteiger partial charge in [-0.2, -0.15) is 0 Å². The Morgan fingerprint density at radius 1 is 1.17 bits per heavy atom. The number of carbonyl (C=O) groups is 1. The van der Waals surface area contributed by atoms with Crippen LogP contribution in [0, 0.1) is 0 Å². The van der Waals surface area contributed by atoms with Gasteiger partial charge in [-0.25, -0.2) is 0 Å². The summed E-state index contributed by atoms with van der Waals surface area (Å²) in [5.74, 6) is 1.72. The van der Waals surface area contributed by atoms with Crippen molar-refractivity contribution in [3.63, 3.8) is 0 Å². The summed E-state index contributed by atoms with van der Waals surface area (Å²) in [4.78, 5) is 16.4. The zero-order chi connectivity index (χ0) is 17.4. The third-order valence-corrected chi connectivity index (χ3v) is 4.04. The lowest BCUT2D eigenvalue weighted by Crippen LogP contribution is -2.41. The molecule has 0 aliphatic heterocycles. The Morgan fingerprint density at radius 3 is 2.46 bits per heavy atom. The van der Waals surface area contributed by atoms with Crippen LogP contribution in [0.3, 0.4) is 0 Å². The van der Waals surface area contributed by atoms with Gasteiger partial charge in [0.05, 0.1) is 31.7 Å². The first kappa shape index (κ1) is 18.3. The van der Waals surface area contributed by atoms with E-state index in [4.69, 9.17) is 8.83 Å². The summed E-state index contributed by atoms with van der Waals surface area (Å²) >= 11 is 0. The van der Waals surface area contributed by atoms with Crippen LogP contribution in [0.1, 0.15) is 31.4 Å². The molecule has 0 saturated carbocycles. The van der Waals surface area contributed by atoms with Crippen molar-refractivity contribution in [3.05, 3.63) is 48.3 Å². The Morgan fingerprint density at radius 2 is 1.88 bits per heavy atom. The van der Waals surface area contributed by atoms with Crippen LogP contribution in [0.2, 0.25) is 0 Å². The lowest BCUT2D eigenvalue weighted by molar-refractivity contribution is -0.122. The van der Waals surface area contributed by atoms with E-state index in [0.717, 1.165) is 24.6 Å². The first-order valence-electron chi connectivity index (χ1n) is 8.39. The molecule has 0 aliphatic rings. The van der Waals surface area contributed by atoms with E-state index in [1.54, 1.807) is 12.5 Å². The molecule has 0 bridgehead atoms. The van der Waals surface area contributed by atoms with Gasteiger partial charge < -0.3 is 14.2 Å². The van der Waals surface area contributed by atoms with Crippen LogP contribution in [-0.2, 0) is 11.3 Å². The predicted molar refractivity (Wildman–Crippen MR) is 92.4 cm³/mol. The van der Waals surface area contributed by atoms with Crippen LogP contribution < -0.4 is 5.32 Å². The smallest absolute Gasteiger partial charge is 0.234 e. The average Bonchev–Trinajstić information content (AvgIpc) is 3.24. The monoisotopic (exact) mass is 333 g/mol. The molecule has 0 aliphatic carbocycles. The Labute approximate surface area is 143 Å². The van der Waals surface area contributed by atoms with Gasteiger partial charge in [-0.05, 0) is 44.4 Å². The fourth-order valence-electron chi connectivity index (χ4n) is 2.79. The van der Waals surface area contributed by atoms with Gasteiger partial charge in [0.25, 0.3) is 0 Å². The molecule has 2 rings (SSSR count). The highest BCUT2D eigenvalue weighted by Crippen LogP contribution is 2.20. The SMILES string of the molecule is CCN(CC)[C@H](CNC(=O)CN(C)Cc1ccco1)c1ccco1. The second kappa shape index (κ2) is 9.30. The van der Waals surface area contributed by atoms with E-state index in [0.29, 0.717) is 19.6 Å². The molecule has 2 aromatic rings. The van der Waals surface area contributed by atoms with Crippen molar-refractivity contribution in [2.24, 2.45) is 0 Å². The summed E-state index contributed by atoms with van der Waals surface area (Å²) in [6.07, 6.45) is 3.31. The molecular formula is C18H27N3O3. The van der Waals surface area contributed by atoms with Crippen LogP contribution >= 0.6 is 0 Å². The molecule has 1 amide bonds. The van der Waals surface area contributed by atoms with Crippen LogP contribution in [0.15, 0.2) is 45.6 Å². The lowest BCUT2D eigenvalue weighted by atomic mass is 10.2. The molecule has 0 radical (unpaired) electrons. The Hall–Kier alpha value is -2.05. The quantitative estimate of drug-likeness (QED) is 0.724. The molecule has 24 heavy (non-hydrogen) atoms. The van der Waals surface area contributed by atoms with Gasteiger partial charge in [0.1, 0.15) is 11.5 Å². The fourth-order valence-corrected chi connectivity index (χ4v) is 2.79. The van der Waals surface area contributed by atoms with E-state index in [-0.39, 0.29) is 11.9 Å². The molecular weight excluding hydrogens is 306 g/mol. The van der Waals surface area contributed by atoms with E-state index >= 15 is 0 Å². The van der Waals surface area contributed by atoms with Crippen molar-refractivity contribution in [3.8, 4) is 0 Å². The second-order valence-electron chi connectivity index (χ2n) is 5.81. The van der Waals surface area contributed by atoms with E-state index in [9.17, 15) is 4.79 Å². The Bertz CT molecular complexity index is 577. The van der Waals surface area contributed by atoms with E-state index in [2.05, 4.69) is 24.1 Å². The third kappa shape index (κ3) is 5.25. The lowest BCUT2D eigenvalue weighted by Gasteiger charge is -2.28. The number of furan rings is 2. The van der Waals surface area contributed by atoms with Crippen LogP contribution in [0.5, 0.6) is 0 Å². The minimum absolute atomic E-state index is 0.00670. The van der Waals surface area contributed by atoms with Crippen LogP contribution in [-0.4, -0.2) is 48.9 Å². The summed E-state index contributed by atoms with van der Waals surface area (Å²) in [5, 5.41) is 3.02. The summed E-state index contributed by atoms with van der Waals surface area (Å²) in [6, 6.07) is 7.64. The second-order valence-corrected chi connectivity index (χ2v) is 5.81. The van der Waals surface area contributed by atoms with Crippen LogP contribution in [0.4, 0.5) is 0 Å². The van der Waals surface area contributed by atoms with Crippen molar-refractivity contribution >= 4 is 5.91 Å². The van der Waals surface area contributed by atoms with Gasteiger partial charge in [-0.1, -0.05) is 13.8 Å². The van der Waals surface area contributed by atoms with Crippen molar-refractivity contribution in [2.75, 3.05) is 33.2 Å². The molecule has 1 N–H and O–H groups in total. The number of nitrogens with zero attached hydrogens (tertiary/aromatic N) is 2. The van der Waals surface area contributed by atoms with Gasteiger partial charge in [0, 0.05) is 6.54 Å². The highest BCUT2D eigenvalue weighted by Gasteiger charge is 2.21. The maximum absolute atomic E-state index is 12.2. The Kier molecular flexibility index (Phi) is 7.08. The topological polar surface area (TPSA) is 61.9 Å². The standard InChI is InChI=1S/C18H27N3O3/c1-4-21(5-2)16(17-9-7-11-24-17)12-19-18(22)14-20(3)13-15-8-6-10-23-15/h6-11,16H,4-5,12-14H2,1-3H3,(H,19,22)/t16-/m1/s1. The molecule has 0 unspecified atom stereocenters. The predicted octanol–water partition coefficient (Wildman–Crippen LogP) is 2.50. The highest BCUT2D eigenvalue weighted by molar-refractivity contribution is 5.78. The normalized spacial score (nSPS) is 12.7. The molecule has 0 spiro atoms. The number of nitrogens with one attached hydrogen (secondary N) is 1. The molecule has 6 nitrogen and oxygen atoms in total. The number of hydrogen-bond donors (Lipinski definition) is 1. The average molecular weight is 333 g/mol. The van der Waals surface area contributed by atoms with Crippen molar-refractivity contribution in [1.82, 2.24) is 15.1 Å². The van der Waals surface area contributed by atoms with Gasteiger partial charge in [-0.3, -0.25) is 14.6 Å². The van der Waals surface area contributed by atoms with E-state index < -0.39 is 0 Å². The summed E-state index contributed by atoms with van der Waals surface area (Å²) < 4.78 is 10.8. The third-order valence-electron chi connectivity index (χ3n) is 4.04. The van der Waals surface area contributed by atoms with Crippen molar-refractivity contribution in [2.45, 2.75) is 26.4 Å². The number of rotatable bonds is 10.